The summed E-state index contributed by atoms with van der Waals surface area (Å²) in [5, 5.41) is 6.45. The van der Waals surface area contributed by atoms with Crippen LogP contribution >= 0.6 is 11.3 Å². The van der Waals surface area contributed by atoms with Gasteiger partial charge >= 0.3 is 6.03 Å². The number of urea groups is 1. The van der Waals surface area contributed by atoms with Crippen molar-refractivity contribution in [2.24, 2.45) is 0 Å². The molecule has 0 radical (unpaired) electrons. The Hall–Kier alpha value is -2.27. The molecule has 3 aliphatic rings. The predicted octanol–water partition coefficient (Wildman–Crippen LogP) is 2.99. The molecule has 34 heavy (non-hydrogen) atoms. The zero-order valence-electron chi connectivity index (χ0n) is 19.5. The third-order valence-electron chi connectivity index (χ3n) is 6.89. The number of carbonyl (C=O) groups excluding carboxylic acids is 1. The fourth-order valence-electron chi connectivity index (χ4n) is 5.12. The van der Waals surface area contributed by atoms with E-state index in [4.69, 9.17) is 0 Å². The Bertz CT molecular complexity index is 1180. The number of carbonyl (C=O) groups is 1. The van der Waals surface area contributed by atoms with Gasteiger partial charge in [0.05, 0.1) is 11.1 Å². The molecule has 5 rings (SSSR count). The van der Waals surface area contributed by atoms with Crippen molar-refractivity contribution in [3.63, 3.8) is 0 Å². The quantitative estimate of drug-likeness (QED) is 0.632. The van der Waals surface area contributed by atoms with Crippen molar-refractivity contribution < 1.29 is 13.2 Å². The van der Waals surface area contributed by atoms with Crippen molar-refractivity contribution in [3.05, 3.63) is 49.8 Å². The Labute approximate surface area is 205 Å². The van der Waals surface area contributed by atoms with E-state index in [2.05, 4.69) is 37.9 Å². The molecule has 2 heterocycles. The molecule has 0 saturated carbocycles. The number of hydrogen-bond acceptors (Lipinski definition) is 7. The van der Waals surface area contributed by atoms with E-state index in [1.165, 1.54) is 39.7 Å². The number of aryl methyl sites for hydroxylation is 2. The highest BCUT2D eigenvalue weighted by Gasteiger charge is 2.25. The van der Waals surface area contributed by atoms with Gasteiger partial charge in [0.2, 0.25) is 0 Å². The van der Waals surface area contributed by atoms with Gasteiger partial charge in [-0.1, -0.05) is 6.07 Å². The van der Waals surface area contributed by atoms with Gasteiger partial charge in [-0.15, -0.1) is 11.3 Å². The van der Waals surface area contributed by atoms with Gasteiger partial charge in [-0.2, -0.15) is 0 Å². The van der Waals surface area contributed by atoms with E-state index in [0.717, 1.165) is 88.0 Å². The van der Waals surface area contributed by atoms with E-state index < -0.39 is 16.1 Å². The van der Waals surface area contributed by atoms with Gasteiger partial charge < -0.3 is 10.2 Å². The van der Waals surface area contributed by atoms with Crippen LogP contribution in [-0.2, 0) is 42.3 Å². The zero-order valence-corrected chi connectivity index (χ0v) is 21.1. The summed E-state index contributed by atoms with van der Waals surface area (Å²) >= 11 is 1.40. The molecule has 0 bridgehead atoms. The minimum absolute atomic E-state index is 0.605. The topological polar surface area (TPSA) is 94.6 Å². The molecule has 2 amide bonds. The van der Waals surface area contributed by atoms with Crippen molar-refractivity contribution >= 4 is 39.2 Å². The van der Waals surface area contributed by atoms with Gasteiger partial charge in [0.25, 0.3) is 10.0 Å². The molecule has 1 aromatic carbocycles. The lowest BCUT2D eigenvalue weighted by Crippen LogP contribution is -2.43. The van der Waals surface area contributed by atoms with Gasteiger partial charge in [-0.3, -0.25) is 4.90 Å². The number of benzene rings is 1. The van der Waals surface area contributed by atoms with Crippen LogP contribution in [0, 0.1) is 0 Å². The molecule has 1 aromatic heterocycles. The zero-order chi connectivity index (χ0) is 23.7. The first-order valence-electron chi connectivity index (χ1n) is 11.9. The molecule has 2 N–H and O–H groups in total. The second-order valence-corrected chi connectivity index (χ2v) is 11.9. The minimum atomic E-state index is -3.94. The molecule has 1 saturated heterocycles. The number of amides is 2. The maximum absolute atomic E-state index is 12.6. The lowest BCUT2D eigenvalue weighted by Gasteiger charge is -2.31. The van der Waals surface area contributed by atoms with Crippen LogP contribution in [0.3, 0.4) is 0 Å². The third kappa shape index (κ3) is 5.35. The van der Waals surface area contributed by atoms with Crippen LogP contribution in [0.4, 0.5) is 10.5 Å². The number of anilines is 1. The fraction of sp³-hybridized carbons (Fsp3) is 0.500. The number of nitrogens with one attached hydrogen (secondary N) is 2. The van der Waals surface area contributed by atoms with Crippen LogP contribution in [0.15, 0.2) is 16.9 Å². The Kier molecular flexibility index (Phi) is 6.74. The maximum Gasteiger partial charge on any atom is 0.333 e. The van der Waals surface area contributed by atoms with Crippen LogP contribution in [0.1, 0.15) is 45.8 Å². The molecule has 2 aromatic rings. The molecule has 0 atom stereocenters. The van der Waals surface area contributed by atoms with Gasteiger partial charge in [-0.25, -0.2) is 22.9 Å². The Morgan fingerprint density at radius 1 is 1.09 bits per heavy atom. The van der Waals surface area contributed by atoms with Crippen LogP contribution in [0.5, 0.6) is 0 Å². The molecular weight excluding hydrogens is 470 g/mol. The SMILES string of the molecule is CN1CCN(Cc2csc(/C=C/S(=O)(=O)NC(=O)Nc3c4c(cc5c3CCC5)CCC4)n2)CC1. The molecule has 182 valence electrons. The standard InChI is InChI=1S/C24H31N5O3S2/c1-28-9-11-29(12-10-28)15-19-16-33-22(25-19)8-13-34(31,32)27-24(30)26-23-20-6-2-4-17(20)14-18-5-3-7-21(18)23/h8,13-14,16H,2-7,9-12,15H2,1H3,(H2,26,27,30)/b13-8+. The molecule has 2 aliphatic carbocycles. The summed E-state index contributed by atoms with van der Waals surface area (Å²) in [5.41, 5.74) is 6.67. The third-order valence-corrected chi connectivity index (χ3v) is 8.71. The average molecular weight is 502 g/mol. The van der Waals surface area contributed by atoms with Crippen molar-refractivity contribution in [2.45, 2.75) is 45.1 Å². The van der Waals surface area contributed by atoms with E-state index >= 15 is 0 Å². The molecule has 8 nitrogen and oxygen atoms in total. The highest BCUT2D eigenvalue weighted by atomic mass is 32.2. The molecule has 0 spiro atoms. The Morgan fingerprint density at radius 2 is 1.76 bits per heavy atom. The number of likely N-dealkylation sites (N-methyl/N-ethyl adjacent to an activating group) is 1. The predicted molar refractivity (Wildman–Crippen MR) is 135 cm³/mol. The summed E-state index contributed by atoms with van der Waals surface area (Å²) in [5.74, 6) is 0. The van der Waals surface area contributed by atoms with Crippen molar-refractivity contribution in [1.29, 1.82) is 0 Å². The monoisotopic (exact) mass is 501 g/mol. The summed E-state index contributed by atoms with van der Waals surface area (Å²) in [6.45, 7) is 4.84. The van der Waals surface area contributed by atoms with E-state index in [9.17, 15) is 13.2 Å². The molecule has 0 unspecified atom stereocenters. The van der Waals surface area contributed by atoms with E-state index in [1.54, 1.807) is 0 Å². The lowest BCUT2D eigenvalue weighted by molar-refractivity contribution is 0.147. The van der Waals surface area contributed by atoms with Crippen LogP contribution < -0.4 is 10.0 Å². The van der Waals surface area contributed by atoms with Crippen molar-refractivity contribution in [3.8, 4) is 0 Å². The first-order valence-corrected chi connectivity index (χ1v) is 14.3. The maximum atomic E-state index is 12.6. The van der Waals surface area contributed by atoms with E-state index in [0.29, 0.717) is 5.01 Å². The van der Waals surface area contributed by atoms with Crippen LogP contribution in [0.2, 0.25) is 0 Å². The van der Waals surface area contributed by atoms with Crippen LogP contribution in [-0.4, -0.2) is 62.5 Å². The van der Waals surface area contributed by atoms with Gasteiger partial charge in [-0.05, 0) is 73.9 Å². The number of aromatic nitrogens is 1. The summed E-state index contributed by atoms with van der Waals surface area (Å²) < 4.78 is 27.2. The summed E-state index contributed by atoms with van der Waals surface area (Å²) in [7, 11) is -1.82. The van der Waals surface area contributed by atoms with E-state index in [1.807, 2.05) is 5.38 Å². The summed E-state index contributed by atoms with van der Waals surface area (Å²) in [6.07, 6.45) is 7.47. The Morgan fingerprint density at radius 3 is 2.44 bits per heavy atom. The fourth-order valence-corrected chi connectivity index (χ4v) is 6.60. The van der Waals surface area contributed by atoms with Gasteiger partial charge in [0.1, 0.15) is 5.01 Å². The number of hydrogen-bond donors (Lipinski definition) is 2. The Balaban J connectivity index is 1.21. The second kappa shape index (κ2) is 9.77. The molecule has 1 fully saturated rings. The number of fused-ring (bicyclic) bond motifs is 2. The summed E-state index contributed by atoms with van der Waals surface area (Å²) in [4.78, 5) is 21.8. The summed E-state index contributed by atoms with van der Waals surface area (Å²) in [6, 6.07) is 1.56. The first kappa shape index (κ1) is 23.5. The number of rotatable bonds is 6. The highest BCUT2D eigenvalue weighted by molar-refractivity contribution is 7.93. The number of thiazole rings is 1. The smallest absolute Gasteiger partial charge is 0.307 e. The highest BCUT2D eigenvalue weighted by Crippen LogP contribution is 2.38. The van der Waals surface area contributed by atoms with E-state index in [-0.39, 0.29) is 0 Å². The van der Waals surface area contributed by atoms with Crippen molar-refractivity contribution in [2.75, 3.05) is 38.5 Å². The lowest BCUT2D eigenvalue weighted by atomic mass is 9.99. The minimum Gasteiger partial charge on any atom is -0.307 e. The normalized spacial score (nSPS) is 18.9. The molecule has 1 aliphatic heterocycles. The van der Waals surface area contributed by atoms with Crippen LogP contribution in [0.25, 0.3) is 6.08 Å². The molecular formula is C24H31N5O3S2. The van der Waals surface area contributed by atoms with Gasteiger partial charge in [0.15, 0.2) is 0 Å². The number of piperazine rings is 1. The number of sulfonamides is 1. The first-order chi connectivity index (χ1) is 16.4. The largest absolute Gasteiger partial charge is 0.333 e. The van der Waals surface area contributed by atoms with Crippen molar-refractivity contribution in [1.82, 2.24) is 19.5 Å². The average Bonchev–Trinajstić information content (AvgIpc) is 3.54. The van der Waals surface area contributed by atoms with Gasteiger partial charge in [0, 0.05) is 43.8 Å². The number of nitrogens with zero attached hydrogens (tertiary/aromatic N) is 3. The second-order valence-electron chi connectivity index (χ2n) is 9.39. The molecule has 10 heteroatoms.